The highest BCUT2D eigenvalue weighted by Gasteiger charge is 2.26. The summed E-state index contributed by atoms with van der Waals surface area (Å²) in [5.41, 5.74) is 0.882. The number of aryl methyl sites for hydroxylation is 1. The third-order valence-electron chi connectivity index (χ3n) is 2.62. The molecule has 106 valence electrons. The second-order valence-electron chi connectivity index (χ2n) is 4.15. The van der Waals surface area contributed by atoms with E-state index >= 15 is 0 Å². The van der Waals surface area contributed by atoms with Gasteiger partial charge in [0.05, 0.1) is 11.3 Å². The molecule has 0 saturated carbocycles. The van der Waals surface area contributed by atoms with Gasteiger partial charge in [0, 0.05) is 24.9 Å². The van der Waals surface area contributed by atoms with Crippen molar-refractivity contribution in [2.24, 2.45) is 0 Å². The summed E-state index contributed by atoms with van der Waals surface area (Å²) in [6.45, 7) is 0. The molecular formula is C13H9ClF4N2. The van der Waals surface area contributed by atoms with E-state index in [0.29, 0.717) is 11.3 Å². The van der Waals surface area contributed by atoms with Gasteiger partial charge in [-0.3, -0.25) is 4.98 Å². The predicted octanol–water partition coefficient (Wildman–Crippen LogP) is 4.43. The van der Waals surface area contributed by atoms with E-state index in [0.717, 1.165) is 6.07 Å². The van der Waals surface area contributed by atoms with E-state index in [2.05, 4.69) is 9.97 Å². The first-order chi connectivity index (χ1) is 9.35. The smallest absolute Gasteiger partial charge is 0.256 e. The van der Waals surface area contributed by atoms with Gasteiger partial charge in [0.25, 0.3) is 0 Å². The van der Waals surface area contributed by atoms with Gasteiger partial charge in [0.15, 0.2) is 0 Å². The average Bonchev–Trinajstić information content (AvgIpc) is 2.36. The summed E-state index contributed by atoms with van der Waals surface area (Å²) in [4.78, 5) is 7.69. The molecule has 0 fully saturated rings. The van der Waals surface area contributed by atoms with Crippen LogP contribution in [0, 0.1) is 5.82 Å². The van der Waals surface area contributed by atoms with Gasteiger partial charge in [-0.2, -0.15) is 13.2 Å². The van der Waals surface area contributed by atoms with Crippen LogP contribution in [-0.2, 0) is 6.42 Å². The minimum Gasteiger partial charge on any atom is -0.256 e. The number of rotatable bonds is 3. The van der Waals surface area contributed by atoms with E-state index in [1.165, 1.54) is 24.5 Å². The standard InChI is InChI=1S/C13H9ClF4N2/c14-12-5-10(15)9(7-20-12)11-2-1-8(6-19-11)3-4-13(16,17)18/h1-2,5-7H,3-4H2. The molecule has 7 heteroatoms. The number of alkyl halides is 3. The van der Waals surface area contributed by atoms with Crippen LogP contribution in [-0.4, -0.2) is 16.1 Å². The van der Waals surface area contributed by atoms with E-state index in [1.807, 2.05) is 0 Å². The second-order valence-corrected chi connectivity index (χ2v) is 4.54. The second kappa shape index (κ2) is 5.75. The molecule has 2 aromatic rings. The molecule has 2 rings (SSSR count). The van der Waals surface area contributed by atoms with Crippen LogP contribution in [0.15, 0.2) is 30.6 Å². The zero-order valence-electron chi connectivity index (χ0n) is 10.1. The highest BCUT2D eigenvalue weighted by Crippen LogP contribution is 2.24. The maximum absolute atomic E-state index is 13.6. The lowest BCUT2D eigenvalue weighted by Crippen LogP contribution is -2.08. The van der Waals surface area contributed by atoms with Crippen molar-refractivity contribution >= 4 is 11.6 Å². The predicted molar refractivity (Wildman–Crippen MR) is 66.8 cm³/mol. The molecule has 0 saturated heterocycles. The molecular weight excluding hydrogens is 296 g/mol. The maximum Gasteiger partial charge on any atom is 0.389 e. The first-order valence-corrected chi connectivity index (χ1v) is 6.06. The van der Waals surface area contributed by atoms with E-state index in [1.54, 1.807) is 0 Å². The van der Waals surface area contributed by atoms with Gasteiger partial charge in [-0.15, -0.1) is 0 Å². The number of nitrogens with zero attached hydrogens (tertiary/aromatic N) is 2. The van der Waals surface area contributed by atoms with Crippen molar-refractivity contribution in [2.75, 3.05) is 0 Å². The number of hydrogen-bond donors (Lipinski definition) is 0. The highest BCUT2D eigenvalue weighted by molar-refractivity contribution is 6.29. The molecule has 0 spiro atoms. The summed E-state index contributed by atoms with van der Waals surface area (Å²) < 4.78 is 49.9. The summed E-state index contributed by atoms with van der Waals surface area (Å²) >= 11 is 5.54. The van der Waals surface area contributed by atoms with Crippen LogP contribution in [0.2, 0.25) is 5.15 Å². The molecule has 0 amide bonds. The van der Waals surface area contributed by atoms with E-state index in [-0.39, 0.29) is 17.1 Å². The summed E-state index contributed by atoms with van der Waals surface area (Å²) in [5, 5.41) is 0.0213. The summed E-state index contributed by atoms with van der Waals surface area (Å²) in [7, 11) is 0. The Bertz CT molecular complexity index is 596. The quantitative estimate of drug-likeness (QED) is 0.619. The van der Waals surface area contributed by atoms with Gasteiger partial charge in [0.2, 0.25) is 0 Å². The van der Waals surface area contributed by atoms with Crippen LogP contribution in [0.1, 0.15) is 12.0 Å². The van der Waals surface area contributed by atoms with Gasteiger partial charge >= 0.3 is 6.18 Å². The normalized spacial score (nSPS) is 11.7. The minimum absolute atomic E-state index is 0.0213. The Morgan fingerprint density at radius 3 is 2.40 bits per heavy atom. The fourth-order valence-corrected chi connectivity index (χ4v) is 1.76. The topological polar surface area (TPSA) is 25.8 Å². The number of halogens is 5. The molecule has 20 heavy (non-hydrogen) atoms. The third kappa shape index (κ3) is 3.90. The Labute approximate surface area is 117 Å². The fourth-order valence-electron chi connectivity index (χ4n) is 1.61. The molecule has 0 aromatic carbocycles. The van der Waals surface area contributed by atoms with Crippen molar-refractivity contribution in [3.8, 4) is 11.3 Å². The summed E-state index contributed by atoms with van der Waals surface area (Å²) in [6, 6.07) is 4.00. The Morgan fingerprint density at radius 1 is 1.10 bits per heavy atom. The molecule has 2 heterocycles. The van der Waals surface area contributed by atoms with Gasteiger partial charge in [-0.05, 0) is 18.1 Å². The van der Waals surface area contributed by atoms with Crippen LogP contribution in [0.3, 0.4) is 0 Å². The zero-order chi connectivity index (χ0) is 14.8. The molecule has 0 aliphatic heterocycles. The first-order valence-electron chi connectivity index (χ1n) is 5.68. The molecule has 0 aliphatic rings. The average molecular weight is 305 g/mol. The largest absolute Gasteiger partial charge is 0.389 e. The number of pyridine rings is 2. The fraction of sp³-hybridized carbons (Fsp3) is 0.231. The summed E-state index contributed by atoms with van der Waals surface area (Å²) in [6.07, 6.45) is -2.74. The SMILES string of the molecule is Fc1cc(Cl)ncc1-c1ccc(CCC(F)(F)F)cn1. The lowest BCUT2D eigenvalue weighted by Gasteiger charge is -2.07. The van der Waals surface area contributed by atoms with Gasteiger partial charge in [-0.1, -0.05) is 17.7 Å². The maximum atomic E-state index is 13.6. The van der Waals surface area contributed by atoms with Crippen LogP contribution >= 0.6 is 11.6 Å². The number of aromatic nitrogens is 2. The van der Waals surface area contributed by atoms with Crippen LogP contribution < -0.4 is 0 Å². The van der Waals surface area contributed by atoms with E-state index < -0.39 is 18.4 Å². The van der Waals surface area contributed by atoms with Crippen LogP contribution in [0.25, 0.3) is 11.3 Å². The molecule has 0 N–H and O–H groups in total. The van der Waals surface area contributed by atoms with Crippen molar-refractivity contribution in [2.45, 2.75) is 19.0 Å². The molecule has 2 nitrogen and oxygen atoms in total. The van der Waals surface area contributed by atoms with E-state index in [4.69, 9.17) is 11.6 Å². The van der Waals surface area contributed by atoms with Gasteiger partial charge in [-0.25, -0.2) is 9.37 Å². The molecule has 2 aromatic heterocycles. The first kappa shape index (κ1) is 14.7. The van der Waals surface area contributed by atoms with Crippen molar-refractivity contribution in [1.29, 1.82) is 0 Å². The van der Waals surface area contributed by atoms with Crippen molar-refractivity contribution in [3.05, 3.63) is 47.1 Å². The lowest BCUT2D eigenvalue weighted by atomic mass is 10.1. The molecule has 0 bridgehead atoms. The molecule has 0 unspecified atom stereocenters. The Balaban J connectivity index is 2.15. The number of hydrogen-bond acceptors (Lipinski definition) is 2. The molecule has 0 radical (unpaired) electrons. The molecule has 0 atom stereocenters. The van der Waals surface area contributed by atoms with Crippen LogP contribution in [0.4, 0.5) is 17.6 Å². The van der Waals surface area contributed by atoms with Crippen LogP contribution in [0.5, 0.6) is 0 Å². The minimum atomic E-state index is -4.20. The third-order valence-corrected chi connectivity index (χ3v) is 2.82. The Morgan fingerprint density at radius 2 is 1.85 bits per heavy atom. The van der Waals surface area contributed by atoms with Gasteiger partial charge in [0.1, 0.15) is 11.0 Å². The lowest BCUT2D eigenvalue weighted by molar-refractivity contribution is -0.134. The Kier molecular flexibility index (Phi) is 4.23. The monoisotopic (exact) mass is 304 g/mol. The summed E-state index contributed by atoms with van der Waals surface area (Å²) in [5.74, 6) is -0.583. The highest BCUT2D eigenvalue weighted by atomic mass is 35.5. The Hall–Kier alpha value is -1.69. The van der Waals surface area contributed by atoms with Gasteiger partial charge < -0.3 is 0 Å². The van der Waals surface area contributed by atoms with Crippen molar-refractivity contribution in [3.63, 3.8) is 0 Å². The van der Waals surface area contributed by atoms with E-state index in [9.17, 15) is 17.6 Å². The zero-order valence-corrected chi connectivity index (χ0v) is 10.8. The van der Waals surface area contributed by atoms with Crippen molar-refractivity contribution in [1.82, 2.24) is 9.97 Å². The molecule has 0 aliphatic carbocycles. The van der Waals surface area contributed by atoms with Crippen molar-refractivity contribution < 1.29 is 17.6 Å².